The van der Waals surface area contributed by atoms with Crippen molar-refractivity contribution in [3.05, 3.63) is 89.7 Å². The quantitative estimate of drug-likeness (QED) is 0.616. The highest BCUT2D eigenvalue weighted by atomic mass is 32.2. The number of hydrogen-bond acceptors (Lipinski definition) is 4. The molecule has 0 aliphatic carbocycles. The third-order valence-electron chi connectivity index (χ3n) is 4.55. The fraction of sp³-hybridized carbons (Fsp3) is 0.182. The normalized spacial score (nSPS) is 12.2. The van der Waals surface area contributed by atoms with Crippen LogP contribution in [0.25, 0.3) is 0 Å². The molecule has 0 bridgehead atoms. The van der Waals surface area contributed by atoms with E-state index in [-0.39, 0.29) is 16.8 Å². The molecular formula is C22H23N3O3S. The number of aromatic nitrogens is 1. The van der Waals surface area contributed by atoms with E-state index < -0.39 is 10.0 Å². The van der Waals surface area contributed by atoms with E-state index in [9.17, 15) is 13.2 Å². The maximum Gasteiger partial charge on any atom is 0.261 e. The zero-order chi connectivity index (χ0) is 20.9. The molecule has 0 fully saturated rings. The standard InChI is InChI=1S/C22H23N3O3S/c1-3-21(17-6-4-16(2)5-7-17)24-22(26)18-8-10-20(11-9-18)29(27,28)25-19-12-14-23-15-13-19/h4-15,21H,3H2,1-2H3,(H,23,25)(H,24,26). The number of nitrogens with zero attached hydrogens (tertiary/aromatic N) is 1. The number of carbonyl (C=O) groups is 1. The Labute approximate surface area is 171 Å². The summed E-state index contributed by atoms with van der Waals surface area (Å²) in [4.78, 5) is 16.6. The summed E-state index contributed by atoms with van der Waals surface area (Å²) in [6.07, 6.45) is 3.75. The van der Waals surface area contributed by atoms with Crippen LogP contribution >= 0.6 is 0 Å². The molecule has 0 spiro atoms. The minimum Gasteiger partial charge on any atom is -0.345 e. The molecule has 3 rings (SSSR count). The number of pyridine rings is 1. The van der Waals surface area contributed by atoms with Gasteiger partial charge in [-0.1, -0.05) is 36.8 Å². The van der Waals surface area contributed by atoms with Gasteiger partial charge in [0.15, 0.2) is 0 Å². The van der Waals surface area contributed by atoms with Crippen LogP contribution in [0.4, 0.5) is 5.69 Å². The van der Waals surface area contributed by atoms with Crippen LogP contribution in [0.15, 0.2) is 78.0 Å². The lowest BCUT2D eigenvalue weighted by Crippen LogP contribution is -2.28. The molecule has 7 heteroatoms. The second-order valence-electron chi connectivity index (χ2n) is 6.71. The van der Waals surface area contributed by atoms with Crippen LogP contribution in [-0.2, 0) is 10.0 Å². The molecule has 1 amide bonds. The van der Waals surface area contributed by atoms with Gasteiger partial charge in [0, 0.05) is 18.0 Å². The number of amides is 1. The molecule has 0 saturated heterocycles. The van der Waals surface area contributed by atoms with Crippen molar-refractivity contribution in [1.82, 2.24) is 10.3 Å². The maximum absolute atomic E-state index is 12.6. The predicted octanol–water partition coefficient (Wildman–Crippen LogP) is 4.07. The third kappa shape index (κ3) is 5.20. The molecule has 29 heavy (non-hydrogen) atoms. The summed E-state index contributed by atoms with van der Waals surface area (Å²) in [7, 11) is -3.74. The van der Waals surface area contributed by atoms with Crippen LogP contribution in [-0.4, -0.2) is 19.3 Å². The Bertz CT molecular complexity index is 1060. The summed E-state index contributed by atoms with van der Waals surface area (Å²) in [5.41, 5.74) is 3.02. The molecule has 2 N–H and O–H groups in total. The van der Waals surface area contributed by atoms with Crippen molar-refractivity contribution in [3.63, 3.8) is 0 Å². The van der Waals surface area contributed by atoms with Crippen LogP contribution in [0.5, 0.6) is 0 Å². The molecule has 0 radical (unpaired) electrons. The number of hydrogen-bond donors (Lipinski definition) is 2. The number of anilines is 1. The number of nitrogens with one attached hydrogen (secondary N) is 2. The van der Waals surface area contributed by atoms with Crippen molar-refractivity contribution in [1.29, 1.82) is 0 Å². The average molecular weight is 410 g/mol. The summed E-state index contributed by atoms with van der Waals surface area (Å²) in [5.74, 6) is -0.247. The van der Waals surface area contributed by atoms with Crippen LogP contribution in [0.2, 0.25) is 0 Å². The van der Waals surface area contributed by atoms with E-state index in [0.29, 0.717) is 11.3 Å². The average Bonchev–Trinajstić information content (AvgIpc) is 2.73. The minimum atomic E-state index is -3.74. The highest BCUT2D eigenvalue weighted by Gasteiger charge is 2.17. The van der Waals surface area contributed by atoms with E-state index in [1.54, 1.807) is 12.1 Å². The largest absolute Gasteiger partial charge is 0.345 e. The number of carbonyl (C=O) groups excluding carboxylic acids is 1. The lowest BCUT2D eigenvalue weighted by molar-refractivity contribution is 0.0935. The van der Waals surface area contributed by atoms with Gasteiger partial charge in [-0.05, 0) is 55.3 Å². The Morgan fingerprint density at radius 2 is 1.59 bits per heavy atom. The maximum atomic E-state index is 12.6. The van der Waals surface area contributed by atoms with Crippen molar-refractivity contribution < 1.29 is 13.2 Å². The Hall–Kier alpha value is -3.19. The van der Waals surface area contributed by atoms with E-state index in [2.05, 4.69) is 15.0 Å². The molecule has 0 aliphatic rings. The van der Waals surface area contributed by atoms with Crippen LogP contribution in [0, 0.1) is 6.92 Å². The van der Waals surface area contributed by atoms with E-state index in [0.717, 1.165) is 17.5 Å². The second kappa shape index (κ2) is 8.87. The summed E-state index contributed by atoms with van der Waals surface area (Å²) in [5, 5.41) is 3.01. The van der Waals surface area contributed by atoms with Crippen molar-refractivity contribution in [2.75, 3.05) is 4.72 Å². The van der Waals surface area contributed by atoms with Gasteiger partial charge in [0.05, 0.1) is 16.6 Å². The van der Waals surface area contributed by atoms with Gasteiger partial charge < -0.3 is 5.32 Å². The van der Waals surface area contributed by atoms with Gasteiger partial charge in [-0.15, -0.1) is 0 Å². The first-order chi connectivity index (χ1) is 13.9. The van der Waals surface area contributed by atoms with E-state index in [1.807, 2.05) is 38.1 Å². The fourth-order valence-electron chi connectivity index (χ4n) is 2.88. The second-order valence-corrected chi connectivity index (χ2v) is 8.39. The van der Waals surface area contributed by atoms with Crippen LogP contribution < -0.4 is 10.0 Å². The molecule has 2 aromatic carbocycles. The van der Waals surface area contributed by atoms with Crippen LogP contribution in [0.3, 0.4) is 0 Å². The van der Waals surface area contributed by atoms with Gasteiger partial charge in [0.2, 0.25) is 0 Å². The summed E-state index contributed by atoms with van der Waals surface area (Å²) < 4.78 is 27.5. The van der Waals surface area contributed by atoms with Gasteiger partial charge in [0.1, 0.15) is 0 Å². The highest BCUT2D eigenvalue weighted by molar-refractivity contribution is 7.92. The number of benzene rings is 2. The van der Waals surface area contributed by atoms with Gasteiger partial charge in [-0.2, -0.15) is 0 Å². The van der Waals surface area contributed by atoms with Crippen LogP contribution in [0.1, 0.15) is 40.9 Å². The molecule has 0 aliphatic heterocycles. The topological polar surface area (TPSA) is 88.2 Å². The minimum absolute atomic E-state index is 0.0800. The number of aryl methyl sites for hydroxylation is 1. The fourth-order valence-corrected chi connectivity index (χ4v) is 3.94. The lowest BCUT2D eigenvalue weighted by atomic mass is 10.0. The summed E-state index contributed by atoms with van der Waals surface area (Å²) in [6, 6.07) is 16.9. The van der Waals surface area contributed by atoms with E-state index >= 15 is 0 Å². The lowest BCUT2D eigenvalue weighted by Gasteiger charge is -2.18. The van der Waals surface area contributed by atoms with Crippen molar-refractivity contribution in [2.24, 2.45) is 0 Å². The molecule has 6 nitrogen and oxygen atoms in total. The monoisotopic (exact) mass is 409 g/mol. The first-order valence-corrected chi connectivity index (χ1v) is 10.8. The molecule has 1 aromatic heterocycles. The first-order valence-electron chi connectivity index (χ1n) is 9.29. The Morgan fingerprint density at radius 1 is 0.966 bits per heavy atom. The predicted molar refractivity (Wildman–Crippen MR) is 113 cm³/mol. The zero-order valence-corrected chi connectivity index (χ0v) is 17.1. The molecule has 3 aromatic rings. The molecule has 0 saturated carbocycles. The van der Waals surface area contributed by atoms with Gasteiger partial charge in [0.25, 0.3) is 15.9 Å². The SMILES string of the molecule is CCC(NC(=O)c1ccc(S(=O)(=O)Nc2ccncc2)cc1)c1ccc(C)cc1. The zero-order valence-electron chi connectivity index (χ0n) is 16.3. The molecule has 1 heterocycles. The van der Waals surface area contributed by atoms with E-state index in [1.165, 1.54) is 36.7 Å². The van der Waals surface area contributed by atoms with Crippen molar-refractivity contribution in [2.45, 2.75) is 31.2 Å². The Kier molecular flexibility index (Phi) is 6.29. The van der Waals surface area contributed by atoms with E-state index in [4.69, 9.17) is 0 Å². The summed E-state index contributed by atoms with van der Waals surface area (Å²) >= 11 is 0. The van der Waals surface area contributed by atoms with Gasteiger partial charge in [-0.25, -0.2) is 8.42 Å². The molecule has 1 atom stereocenters. The molecule has 1 unspecified atom stereocenters. The first kappa shape index (κ1) is 20.5. The smallest absolute Gasteiger partial charge is 0.261 e. The summed E-state index contributed by atoms with van der Waals surface area (Å²) in [6.45, 7) is 4.02. The van der Waals surface area contributed by atoms with Gasteiger partial charge >= 0.3 is 0 Å². The molecule has 150 valence electrons. The number of sulfonamides is 1. The van der Waals surface area contributed by atoms with Gasteiger partial charge in [-0.3, -0.25) is 14.5 Å². The Balaban J connectivity index is 1.71. The highest BCUT2D eigenvalue weighted by Crippen LogP contribution is 2.19. The van der Waals surface area contributed by atoms with Crippen molar-refractivity contribution >= 4 is 21.6 Å². The Morgan fingerprint density at radius 3 is 2.17 bits per heavy atom. The third-order valence-corrected chi connectivity index (χ3v) is 5.95. The molecular weight excluding hydrogens is 386 g/mol. The van der Waals surface area contributed by atoms with Crippen molar-refractivity contribution in [3.8, 4) is 0 Å². The number of rotatable bonds is 7.